The van der Waals surface area contributed by atoms with Crippen LogP contribution in [0.25, 0.3) is 0 Å². The quantitative estimate of drug-likeness (QED) is 0.692. The summed E-state index contributed by atoms with van der Waals surface area (Å²) in [4.78, 5) is 0. The number of ether oxygens (including phenoxy) is 1. The second-order valence-electron chi connectivity index (χ2n) is 4.18. The van der Waals surface area contributed by atoms with E-state index in [2.05, 4.69) is 37.6 Å². The van der Waals surface area contributed by atoms with Gasteiger partial charge in [0.1, 0.15) is 5.75 Å². The summed E-state index contributed by atoms with van der Waals surface area (Å²) in [6, 6.07) is 8.30. The molecule has 0 aliphatic heterocycles. The number of methoxy groups -OCH3 is 1. The molecule has 0 saturated carbocycles. The first-order valence-electron chi connectivity index (χ1n) is 4.80. The lowest BCUT2D eigenvalue weighted by molar-refractivity contribution is 0.282. The molecule has 0 fully saturated rings. The van der Waals surface area contributed by atoms with Crippen LogP contribution < -0.4 is 4.74 Å². The highest BCUT2D eigenvalue weighted by Gasteiger charge is 2.22. The van der Waals surface area contributed by atoms with E-state index in [-0.39, 0.29) is 5.54 Å². The van der Waals surface area contributed by atoms with Gasteiger partial charge in [0, 0.05) is 5.54 Å². The van der Waals surface area contributed by atoms with Crippen molar-refractivity contribution < 1.29 is 4.74 Å². The molecule has 1 aromatic rings. The molecule has 0 bridgehead atoms. The van der Waals surface area contributed by atoms with E-state index in [4.69, 9.17) is 4.74 Å². The van der Waals surface area contributed by atoms with Gasteiger partial charge in [-0.15, -0.1) is 0 Å². The molecule has 0 aliphatic carbocycles. The zero-order valence-electron chi connectivity index (χ0n) is 9.66. The van der Waals surface area contributed by atoms with Gasteiger partial charge in [-0.3, -0.25) is 0 Å². The summed E-state index contributed by atoms with van der Waals surface area (Å²) in [5, 5.41) is 0. The molecule has 1 aromatic carbocycles. The van der Waals surface area contributed by atoms with Crippen LogP contribution in [0.1, 0.15) is 19.4 Å². The predicted octanol–water partition coefficient (Wildman–Crippen LogP) is 1.14. The van der Waals surface area contributed by atoms with Crippen molar-refractivity contribution >= 4 is 10.4 Å². The summed E-state index contributed by atoms with van der Waals surface area (Å²) >= 11 is 0. The van der Waals surface area contributed by atoms with Gasteiger partial charge in [-0.2, -0.15) is 0 Å². The molecule has 0 aromatic heterocycles. The van der Waals surface area contributed by atoms with Crippen LogP contribution in [0.2, 0.25) is 0 Å². The normalized spacial score (nSPS) is 12.1. The first-order valence-corrected chi connectivity index (χ1v) is 5.70. The SMILES string of the molecule is COc1ccc(C(C)(C)N(C)[SiH3])cc1. The smallest absolute Gasteiger partial charge is 0.118 e. The average Bonchev–Trinajstić information content (AvgIpc) is 2.17. The summed E-state index contributed by atoms with van der Waals surface area (Å²) in [7, 11) is 4.91. The lowest BCUT2D eigenvalue weighted by Crippen LogP contribution is -2.36. The Balaban J connectivity index is 2.97. The minimum absolute atomic E-state index is 0.124. The highest BCUT2D eigenvalue weighted by molar-refractivity contribution is 6.04. The molecule has 0 aliphatic rings. The molecule has 78 valence electrons. The number of hydrogen-bond acceptors (Lipinski definition) is 2. The zero-order chi connectivity index (χ0) is 10.8. The fourth-order valence-corrected chi connectivity index (χ4v) is 1.52. The van der Waals surface area contributed by atoms with Crippen LogP contribution in [0.5, 0.6) is 5.75 Å². The molecular weight excluding hydrogens is 190 g/mol. The highest BCUT2D eigenvalue weighted by Crippen LogP contribution is 2.26. The van der Waals surface area contributed by atoms with Crippen LogP contribution in [-0.2, 0) is 5.54 Å². The average molecular weight is 209 g/mol. The predicted molar refractivity (Wildman–Crippen MR) is 63.7 cm³/mol. The van der Waals surface area contributed by atoms with Crippen molar-refractivity contribution in [3.8, 4) is 5.75 Å². The van der Waals surface area contributed by atoms with Gasteiger partial charge >= 0.3 is 0 Å². The fraction of sp³-hybridized carbons (Fsp3) is 0.455. The van der Waals surface area contributed by atoms with E-state index in [0.717, 1.165) is 16.2 Å². The van der Waals surface area contributed by atoms with Gasteiger partial charge < -0.3 is 9.30 Å². The lowest BCUT2D eigenvalue weighted by atomic mass is 9.94. The second-order valence-corrected chi connectivity index (χ2v) is 5.52. The van der Waals surface area contributed by atoms with E-state index in [1.165, 1.54) is 5.56 Å². The Kier molecular flexibility index (Phi) is 3.34. The third-order valence-electron chi connectivity index (χ3n) is 2.91. The van der Waals surface area contributed by atoms with Gasteiger partial charge in [-0.1, -0.05) is 12.1 Å². The summed E-state index contributed by atoms with van der Waals surface area (Å²) in [6.45, 7) is 4.48. The Hall–Kier alpha value is -0.803. The van der Waals surface area contributed by atoms with E-state index in [1.807, 2.05) is 12.1 Å². The fourth-order valence-electron chi connectivity index (χ4n) is 1.26. The summed E-state index contributed by atoms with van der Waals surface area (Å²) < 4.78 is 7.48. The summed E-state index contributed by atoms with van der Waals surface area (Å²) in [6.07, 6.45) is 0. The molecule has 0 saturated heterocycles. The Labute approximate surface area is 89.4 Å². The van der Waals surface area contributed by atoms with E-state index >= 15 is 0 Å². The van der Waals surface area contributed by atoms with E-state index in [0.29, 0.717) is 0 Å². The van der Waals surface area contributed by atoms with Crippen LogP contribution in [-0.4, -0.2) is 29.1 Å². The lowest BCUT2D eigenvalue weighted by Gasteiger charge is -2.33. The van der Waals surface area contributed by atoms with Gasteiger partial charge in [0.2, 0.25) is 0 Å². The summed E-state index contributed by atoms with van der Waals surface area (Å²) in [5.41, 5.74) is 1.45. The molecule has 1 rings (SSSR count). The van der Waals surface area contributed by atoms with Crippen LogP contribution >= 0.6 is 0 Å². The number of nitrogens with zero attached hydrogens (tertiary/aromatic N) is 1. The largest absolute Gasteiger partial charge is 0.497 e. The Bertz CT molecular complexity index is 293. The Morgan fingerprint density at radius 3 is 2.07 bits per heavy atom. The van der Waals surface area contributed by atoms with Crippen molar-refractivity contribution in [1.29, 1.82) is 0 Å². The maximum absolute atomic E-state index is 5.14. The molecule has 14 heavy (non-hydrogen) atoms. The topological polar surface area (TPSA) is 12.5 Å². The highest BCUT2D eigenvalue weighted by atomic mass is 28.2. The third kappa shape index (κ3) is 2.16. The number of hydrogen-bond donors (Lipinski definition) is 0. The zero-order valence-corrected chi connectivity index (χ0v) is 11.7. The van der Waals surface area contributed by atoms with Crippen molar-refractivity contribution in [3.63, 3.8) is 0 Å². The van der Waals surface area contributed by atoms with Crippen LogP contribution in [0.4, 0.5) is 0 Å². The third-order valence-corrected chi connectivity index (χ3v) is 4.03. The van der Waals surface area contributed by atoms with E-state index in [9.17, 15) is 0 Å². The van der Waals surface area contributed by atoms with Crippen LogP contribution in [0, 0.1) is 0 Å². The number of rotatable bonds is 3. The van der Waals surface area contributed by atoms with Crippen molar-refractivity contribution in [2.24, 2.45) is 0 Å². The monoisotopic (exact) mass is 209 g/mol. The standard InChI is InChI=1S/C11H19NOSi/c1-11(2,12(3)14)9-5-7-10(13-4)8-6-9/h5-8H,1-4,14H3. The van der Waals surface area contributed by atoms with Crippen molar-refractivity contribution in [2.75, 3.05) is 14.2 Å². The molecule has 3 heteroatoms. The summed E-state index contributed by atoms with van der Waals surface area (Å²) in [5.74, 6) is 0.917. The molecule has 0 amide bonds. The number of benzene rings is 1. The first kappa shape index (κ1) is 11.3. The molecule has 0 spiro atoms. The van der Waals surface area contributed by atoms with E-state index < -0.39 is 0 Å². The molecule has 0 N–H and O–H groups in total. The van der Waals surface area contributed by atoms with Gasteiger partial charge in [-0.25, -0.2) is 0 Å². The van der Waals surface area contributed by atoms with Crippen molar-refractivity contribution in [1.82, 2.24) is 4.57 Å². The Morgan fingerprint density at radius 1 is 1.21 bits per heavy atom. The van der Waals surface area contributed by atoms with Crippen LogP contribution in [0.3, 0.4) is 0 Å². The van der Waals surface area contributed by atoms with Crippen molar-refractivity contribution in [3.05, 3.63) is 29.8 Å². The maximum atomic E-state index is 5.14. The molecular formula is C11H19NOSi. The van der Waals surface area contributed by atoms with Crippen molar-refractivity contribution in [2.45, 2.75) is 19.4 Å². The maximum Gasteiger partial charge on any atom is 0.118 e. The van der Waals surface area contributed by atoms with Gasteiger partial charge in [0.15, 0.2) is 0 Å². The minimum Gasteiger partial charge on any atom is -0.497 e. The van der Waals surface area contributed by atoms with Gasteiger partial charge in [0.25, 0.3) is 0 Å². The van der Waals surface area contributed by atoms with Gasteiger partial charge in [-0.05, 0) is 38.6 Å². The molecule has 2 nitrogen and oxygen atoms in total. The van der Waals surface area contributed by atoms with Gasteiger partial charge in [0.05, 0.1) is 17.5 Å². The molecule has 0 radical (unpaired) electrons. The molecule has 0 unspecified atom stereocenters. The van der Waals surface area contributed by atoms with E-state index in [1.54, 1.807) is 7.11 Å². The minimum atomic E-state index is 0.124. The molecule has 0 heterocycles. The second kappa shape index (κ2) is 4.15. The first-order chi connectivity index (χ1) is 6.48. The molecule has 0 atom stereocenters. The van der Waals surface area contributed by atoms with Crippen LogP contribution in [0.15, 0.2) is 24.3 Å². The Morgan fingerprint density at radius 2 is 1.71 bits per heavy atom.